The quantitative estimate of drug-likeness (QED) is 0.720. The van der Waals surface area contributed by atoms with Gasteiger partial charge in [0.2, 0.25) is 0 Å². The van der Waals surface area contributed by atoms with Crippen LogP contribution in [0.5, 0.6) is 0 Å². The monoisotopic (exact) mass is 237 g/mol. The first-order valence-corrected chi connectivity index (χ1v) is 6.66. The molecule has 2 heterocycles. The second-order valence-electron chi connectivity index (χ2n) is 5.37. The molecular formula is C13H23N3O. The number of nitriles is 1. The maximum Gasteiger partial charge on any atom is 0.111 e. The second kappa shape index (κ2) is 5.34. The Morgan fingerprint density at radius 2 is 1.71 bits per heavy atom. The Kier molecular flexibility index (Phi) is 4.03. The van der Waals surface area contributed by atoms with Gasteiger partial charge >= 0.3 is 0 Å². The van der Waals surface area contributed by atoms with E-state index in [1.54, 1.807) is 0 Å². The van der Waals surface area contributed by atoms with Crippen LogP contribution >= 0.6 is 0 Å². The average molecular weight is 237 g/mol. The maximum atomic E-state index is 9.57. The summed E-state index contributed by atoms with van der Waals surface area (Å²) in [4.78, 5) is 4.81. The van der Waals surface area contributed by atoms with Gasteiger partial charge in [0, 0.05) is 32.2 Å². The van der Waals surface area contributed by atoms with E-state index in [-0.39, 0.29) is 5.54 Å². The molecule has 0 amide bonds. The summed E-state index contributed by atoms with van der Waals surface area (Å²) in [5, 5.41) is 9.57. The van der Waals surface area contributed by atoms with E-state index in [1.807, 2.05) is 0 Å². The van der Waals surface area contributed by atoms with E-state index in [0.717, 1.165) is 52.2 Å². The Hall–Kier alpha value is -0.630. The molecule has 4 heteroatoms. The predicted molar refractivity (Wildman–Crippen MR) is 66.7 cm³/mol. The smallest absolute Gasteiger partial charge is 0.111 e. The standard InChI is InChI=1S/C13H23N3O/c1-12(2)15-5-3-13(11-14,4-6-15)16-7-9-17-10-8-16/h12H,3-10H2,1-2H3. The van der Waals surface area contributed by atoms with Crippen molar-refractivity contribution in [3.8, 4) is 6.07 Å². The Balaban J connectivity index is 2.00. The number of ether oxygens (including phenoxy) is 1. The lowest BCUT2D eigenvalue weighted by atomic mass is 9.86. The molecule has 0 spiro atoms. The summed E-state index contributed by atoms with van der Waals surface area (Å²) < 4.78 is 5.38. The third-order valence-corrected chi connectivity index (χ3v) is 4.18. The first-order valence-electron chi connectivity index (χ1n) is 6.66. The van der Waals surface area contributed by atoms with Gasteiger partial charge in [-0.05, 0) is 26.7 Å². The number of piperidine rings is 1. The molecule has 2 rings (SSSR count). The highest BCUT2D eigenvalue weighted by molar-refractivity contribution is 5.11. The van der Waals surface area contributed by atoms with Crippen molar-refractivity contribution in [1.82, 2.24) is 9.80 Å². The van der Waals surface area contributed by atoms with Crippen molar-refractivity contribution >= 4 is 0 Å². The molecule has 96 valence electrons. The van der Waals surface area contributed by atoms with Crippen LogP contribution in [0, 0.1) is 11.3 Å². The fraction of sp³-hybridized carbons (Fsp3) is 0.923. The molecule has 0 bridgehead atoms. The van der Waals surface area contributed by atoms with E-state index >= 15 is 0 Å². The average Bonchev–Trinajstić information content (AvgIpc) is 2.40. The van der Waals surface area contributed by atoms with Crippen LogP contribution in [0.4, 0.5) is 0 Å². The number of rotatable bonds is 2. The van der Waals surface area contributed by atoms with Crippen molar-refractivity contribution < 1.29 is 4.74 Å². The van der Waals surface area contributed by atoms with Crippen molar-refractivity contribution in [3.05, 3.63) is 0 Å². The molecule has 4 nitrogen and oxygen atoms in total. The van der Waals surface area contributed by atoms with E-state index in [0.29, 0.717) is 6.04 Å². The number of hydrogen-bond acceptors (Lipinski definition) is 4. The van der Waals surface area contributed by atoms with E-state index in [1.165, 1.54) is 0 Å². The van der Waals surface area contributed by atoms with E-state index < -0.39 is 0 Å². The molecule has 2 aliphatic rings. The van der Waals surface area contributed by atoms with Crippen LogP contribution < -0.4 is 0 Å². The highest BCUT2D eigenvalue weighted by atomic mass is 16.5. The summed E-state index contributed by atoms with van der Waals surface area (Å²) in [7, 11) is 0. The van der Waals surface area contributed by atoms with Gasteiger partial charge in [0.1, 0.15) is 5.54 Å². The molecule has 0 N–H and O–H groups in total. The van der Waals surface area contributed by atoms with Crippen LogP contribution in [0.25, 0.3) is 0 Å². The van der Waals surface area contributed by atoms with Gasteiger partial charge in [-0.3, -0.25) is 4.90 Å². The third-order valence-electron chi connectivity index (χ3n) is 4.18. The largest absolute Gasteiger partial charge is 0.379 e. The Labute approximate surface area is 104 Å². The lowest BCUT2D eigenvalue weighted by Gasteiger charge is -2.46. The SMILES string of the molecule is CC(C)N1CCC(C#N)(N2CCOCC2)CC1. The summed E-state index contributed by atoms with van der Waals surface area (Å²) in [6.45, 7) is 9.92. The summed E-state index contributed by atoms with van der Waals surface area (Å²) in [6, 6.07) is 3.18. The normalized spacial score (nSPS) is 26.9. The first kappa shape index (κ1) is 12.8. The summed E-state index contributed by atoms with van der Waals surface area (Å²) in [5.41, 5.74) is -0.227. The molecule has 0 aromatic rings. The molecule has 2 saturated heterocycles. The molecule has 0 unspecified atom stereocenters. The van der Waals surface area contributed by atoms with Crippen molar-refractivity contribution in [1.29, 1.82) is 5.26 Å². The second-order valence-corrected chi connectivity index (χ2v) is 5.37. The Morgan fingerprint density at radius 3 is 2.18 bits per heavy atom. The summed E-state index contributed by atoms with van der Waals surface area (Å²) >= 11 is 0. The molecule has 0 aliphatic carbocycles. The third kappa shape index (κ3) is 2.62. The zero-order chi connectivity index (χ0) is 12.3. The fourth-order valence-corrected chi connectivity index (χ4v) is 2.90. The summed E-state index contributed by atoms with van der Waals surface area (Å²) in [6.07, 6.45) is 1.95. The molecule has 2 aliphatic heterocycles. The minimum absolute atomic E-state index is 0.227. The first-order chi connectivity index (χ1) is 8.18. The number of likely N-dealkylation sites (tertiary alicyclic amines) is 1. The Morgan fingerprint density at radius 1 is 1.12 bits per heavy atom. The van der Waals surface area contributed by atoms with Crippen LogP contribution in [-0.2, 0) is 4.74 Å². The number of morpholine rings is 1. The topological polar surface area (TPSA) is 39.5 Å². The van der Waals surface area contributed by atoms with Gasteiger partial charge < -0.3 is 9.64 Å². The lowest BCUT2D eigenvalue weighted by Crippen LogP contribution is -2.58. The van der Waals surface area contributed by atoms with Gasteiger partial charge in [0.25, 0.3) is 0 Å². The molecule has 0 saturated carbocycles. The molecule has 2 fully saturated rings. The van der Waals surface area contributed by atoms with Gasteiger partial charge in [0.05, 0.1) is 19.3 Å². The van der Waals surface area contributed by atoms with E-state index in [2.05, 4.69) is 29.7 Å². The Bertz CT molecular complexity index is 284. The van der Waals surface area contributed by atoms with Crippen molar-refractivity contribution in [2.45, 2.75) is 38.3 Å². The van der Waals surface area contributed by atoms with Crippen LogP contribution in [0.3, 0.4) is 0 Å². The lowest BCUT2D eigenvalue weighted by molar-refractivity contribution is -0.0273. The van der Waals surface area contributed by atoms with Crippen molar-refractivity contribution in [3.63, 3.8) is 0 Å². The van der Waals surface area contributed by atoms with Crippen molar-refractivity contribution in [2.24, 2.45) is 0 Å². The van der Waals surface area contributed by atoms with E-state index in [4.69, 9.17) is 4.74 Å². The van der Waals surface area contributed by atoms with Gasteiger partial charge in [-0.2, -0.15) is 5.26 Å². The maximum absolute atomic E-state index is 9.57. The van der Waals surface area contributed by atoms with Crippen molar-refractivity contribution in [2.75, 3.05) is 39.4 Å². The fourth-order valence-electron chi connectivity index (χ4n) is 2.90. The molecule has 17 heavy (non-hydrogen) atoms. The van der Waals surface area contributed by atoms with Crippen LogP contribution in [0.15, 0.2) is 0 Å². The van der Waals surface area contributed by atoms with Gasteiger partial charge in [0.15, 0.2) is 0 Å². The summed E-state index contributed by atoms with van der Waals surface area (Å²) in [5.74, 6) is 0. The number of nitrogens with zero attached hydrogens (tertiary/aromatic N) is 3. The molecule has 0 aromatic carbocycles. The minimum Gasteiger partial charge on any atom is -0.379 e. The van der Waals surface area contributed by atoms with Crippen LogP contribution in [-0.4, -0.2) is 60.8 Å². The van der Waals surface area contributed by atoms with Gasteiger partial charge in [-0.25, -0.2) is 0 Å². The molecule has 0 aromatic heterocycles. The zero-order valence-corrected chi connectivity index (χ0v) is 11.0. The molecule has 0 radical (unpaired) electrons. The van der Waals surface area contributed by atoms with Crippen LogP contribution in [0.1, 0.15) is 26.7 Å². The number of hydrogen-bond donors (Lipinski definition) is 0. The van der Waals surface area contributed by atoms with E-state index in [9.17, 15) is 5.26 Å². The molecule has 0 atom stereocenters. The van der Waals surface area contributed by atoms with Gasteiger partial charge in [-0.15, -0.1) is 0 Å². The van der Waals surface area contributed by atoms with Crippen LogP contribution in [0.2, 0.25) is 0 Å². The minimum atomic E-state index is -0.227. The zero-order valence-electron chi connectivity index (χ0n) is 11.0. The highest BCUT2D eigenvalue weighted by Gasteiger charge is 2.40. The highest BCUT2D eigenvalue weighted by Crippen LogP contribution is 2.29. The van der Waals surface area contributed by atoms with Gasteiger partial charge in [-0.1, -0.05) is 0 Å². The molecular weight excluding hydrogens is 214 g/mol. The predicted octanol–water partition coefficient (Wildman–Crippen LogP) is 1.09.